The molecule has 0 aromatic heterocycles. The van der Waals surface area contributed by atoms with Gasteiger partial charge in [0.25, 0.3) is 11.8 Å². The molecule has 2 unspecified atom stereocenters. The number of esters is 2. The third-order valence-corrected chi connectivity index (χ3v) is 5.60. The third kappa shape index (κ3) is 7.27. The molecular weight excluding hydrogens is 426 g/mol. The molecule has 2 aliphatic rings. The number of ether oxygens (including phenoxy) is 4. The topological polar surface area (TPSA) is 135 Å². The number of imide groups is 1. The van der Waals surface area contributed by atoms with Gasteiger partial charge >= 0.3 is 17.9 Å². The molecule has 0 aromatic rings. The average Bonchev–Trinajstić information content (AvgIpc) is 3.03. The Bertz CT molecular complexity index is 707. The summed E-state index contributed by atoms with van der Waals surface area (Å²) in [5.41, 5.74) is 0. The van der Waals surface area contributed by atoms with E-state index in [1.54, 1.807) is 0 Å². The molecule has 0 aromatic carbocycles. The zero-order valence-electron chi connectivity index (χ0n) is 18.9. The summed E-state index contributed by atoms with van der Waals surface area (Å²) in [6, 6.07) is 0. The number of carbonyl (C=O) groups is 5. The molecule has 0 N–H and O–H groups in total. The molecule has 11 heteroatoms. The molecule has 0 bridgehead atoms. The van der Waals surface area contributed by atoms with E-state index in [2.05, 4.69) is 0 Å². The van der Waals surface area contributed by atoms with E-state index in [0.717, 1.165) is 0 Å². The highest BCUT2D eigenvalue weighted by Crippen LogP contribution is 2.34. The molecule has 2 aliphatic heterocycles. The van der Waals surface area contributed by atoms with Crippen molar-refractivity contribution in [3.05, 3.63) is 0 Å². The van der Waals surface area contributed by atoms with Gasteiger partial charge in [-0.25, -0.2) is 4.79 Å². The van der Waals surface area contributed by atoms with E-state index in [4.69, 9.17) is 23.8 Å². The van der Waals surface area contributed by atoms with Gasteiger partial charge < -0.3 is 23.8 Å². The first-order valence-electron chi connectivity index (χ1n) is 10.7. The maximum atomic E-state index is 11.8. The molecule has 0 saturated carbocycles. The maximum absolute atomic E-state index is 11.8. The zero-order valence-corrected chi connectivity index (χ0v) is 18.9. The fraction of sp³-hybridized carbons (Fsp3) is 0.762. The van der Waals surface area contributed by atoms with Crippen LogP contribution in [0.1, 0.15) is 53.4 Å². The molecule has 32 heavy (non-hydrogen) atoms. The molecule has 2 fully saturated rings. The van der Waals surface area contributed by atoms with Crippen LogP contribution in [0.25, 0.3) is 0 Å². The maximum Gasteiger partial charge on any atom is 0.335 e. The Kier molecular flexibility index (Phi) is 9.58. The number of amides is 2. The Morgan fingerprint density at radius 3 is 2.22 bits per heavy atom. The minimum absolute atomic E-state index is 0.0263. The predicted molar refractivity (Wildman–Crippen MR) is 106 cm³/mol. The second-order valence-electron chi connectivity index (χ2n) is 8.00. The van der Waals surface area contributed by atoms with Crippen molar-refractivity contribution in [2.24, 2.45) is 11.8 Å². The van der Waals surface area contributed by atoms with Gasteiger partial charge in [0.2, 0.25) is 0 Å². The van der Waals surface area contributed by atoms with Crippen molar-refractivity contribution in [3.63, 3.8) is 0 Å². The summed E-state index contributed by atoms with van der Waals surface area (Å²) in [6.45, 7) is 6.86. The number of hydrogen-bond acceptors (Lipinski definition) is 10. The Morgan fingerprint density at radius 1 is 0.969 bits per heavy atom. The minimum atomic E-state index is -0.727. The van der Waals surface area contributed by atoms with Crippen molar-refractivity contribution in [2.75, 3.05) is 19.8 Å². The van der Waals surface area contributed by atoms with E-state index in [1.807, 2.05) is 13.8 Å². The van der Waals surface area contributed by atoms with Gasteiger partial charge in [-0.05, 0) is 12.3 Å². The van der Waals surface area contributed by atoms with Gasteiger partial charge in [0.05, 0.1) is 19.1 Å². The SMILES string of the molecule is CC(=O)OCC1O[C@@H](CCOCCC(=O)ON2C(=O)CCC2=O)C(C)[C@@H](C)[C@H]1OC(C)=O. The second kappa shape index (κ2) is 11.9. The zero-order chi connectivity index (χ0) is 23.8. The van der Waals surface area contributed by atoms with Crippen LogP contribution in [0, 0.1) is 11.8 Å². The van der Waals surface area contributed by atoms with Crippen molar-refractivity contribution in [1.82, 2.24) is 5.06 Å². The summed E-state index contributed by atoms with van der Waals surface area (Å²) in [4.78, 5) is 62.2. The second-order valence-corrected chi connectivity index (χ2v) is 8.00. The fourth-order valence-corrected chi connectivity index (χ4v) is 3.70. The van der Waals surface area contributed by atoms with Crippen LogP contribution in [0.4, 0.5) is 0 Å². The van der Waals surface area contributed by atoms with Crippen molar-refractivity contribution in [2.45, 2.75) is 71.7 Å². The van der Waals surface area contributed by atoms with Crippen molar-refractivity contribution < 1.29 is 47.8 Å². The fourth-order valence-electron chi connectivity index (χ4n) is 3.70. The Hall–Kier alpha value is -2.53. The van der Waals surface area contributed by atoms with Crippen molar-refractivity contribution >= 4 is 29.7 Å². The predicted octanol–water partition coefficient (Wildman–Crippen LogP) is 0.925. The van der Waals surface area contributed by atoms with Crippen LogP contribution in [0.15, 0.2) is 0 Å². The first-order valence-corrected chi connectivity index (χ1v) is 10.7. The molecule has 11 nitrogen and oxygen atoms in total. The van der Waals surface area contributed by atoms with Gasteiger partial charge in [0, 0.05) is 39.2 Å². The minimum Gasteiger partial charge on any atom is -0.463 e. The monoisotopic (exact) mass is 457 g/mol. The Balaban J connectivity index is 1.78. The standard InChI is InChI=1S/C21H31NO10/c1-12-13(2)21(30-15(4)24)17(11-29-14(3)23)31-16(12)7-9-28-10-8-20(27)32-22-18(25)5-6-19(22)26/h12-13,16-17,21H,5-11H2,1-4H3/t12?,13-,16+,17?,21-/m1/s1. The molecule has 0 radical (unpaired) electrons. The lowest BCUT2D eigenvalue weighted by atomic mass is 9.80. The number of carbonyl (C=O) groups excluding carboxylic acids is 5. The molecule has 2 heterocycles. The van der Waals surface area contributed by atoms with E-state index in [-0.39, 0.29) is 57.0 Å². The van der Waals surface area contributed by atoms with Crippen LogP contribution in [-0.2, 0) is 47.8 Å². The Morgan fingerprint density at radius 2 is 1.62 bits per heavy atom. The number of nitrogens with zero attached hydrogens (tertiary/aromatic N) is 1. The van der Waals surface area contributed by atoms with Crippen molar-refractivity contribution in [1.29, 1.82) is 0 Å². The summed E-state index contributed by atoms with van der Waals surface area (Å²) >= 11 is 0. The van der Waals surface area contributed by atoms with E-state index in [0.29, 0.717) is 11.5 Å². The van der Waals surface area contributed by atoms with Crippen LogP contribution < -0.4 is 0 Å². The molecule has 2 rings (SSSR count). The molecule has 0 aliphatic carbocycles. The van der Waals surface area contributed by atoms with E-state index in [1.165, 1.54) is 13.8 Å². The van der Waals surface area contributed by atoms with Gasteiger partial charge in [-0.3, -0.25) is 19.2 Å². The molecule has 2 saturated heterocycles. The quantitative estimate of drug-likeness (QED) is 0.265. The summed E-state index contributed by atoms with van der Waals surface area (Å²) in [6.07, 6.45) is -0.890. The first-order chi connectivity index (χ1) is 15.1. The normalized spacial score (nSPS) is 27.9. The lowest BCUT2D eigenvalue weighted by Crippen LogP contribution is -2.53. The average molecular weight is 457 g/mol. The van der Waals surface area contributed by atoms with Crippen LogP contribution in [0.5, 0.6) is 0 Å². The number of rotatable bonds is 10. The highest BCUT2D eigenvalue weighted by molar-refractivity contribution is 6.01. The highest BCUT2D eigenvalue weighted by atomic mass is 16.7. The number of hydroxylamine groups is 2. The molecule has 5 atom stereocenters. The summed E-state index contributed by atoms with van der Waals surface area (Å²) in [5, 5.41) is 0.504. The van der Waals surface area contributed by atoms with E-state index >= 15 is 0 Å². The number of hydrogen-bond donors (Lipinski definition) is 0. The Labute approximate surface area is 186 Å². The summed E-state index contributed by atoms with van der Waals surface area (Å²) in [5.74, 6) is -2.68. The summed E-state index contributed by atoms with van der Waals surface area (Å²) in [7, 11) is 0. The van der Waals surface area contributed by atoms with Gasteiger partial charge in [0.15, 0.2) is 0 Å². The summed E-state index contributed by atoms with van der Waals surface area (Å²) < 4.78 is 22.0. The molecule has 2 amide bonds. The van der Waals surface area contributed by atoms with E-state index in [9.17, 15) is 24.0 Å². The van der Waals surface area contributed by atoms with Crippen LogP contribution >= 0.6 is 0 Å². The van der Waals surface area contributed by atoms with Crippen LogP contribution in [0.2, 0.25) is 0 Å². The largest absolute Gasteiger partial charge is 0.463 e. The molecular formula is C21H31NO10. The van der Waals surface area contributed by atoms with Gasteiger partial charge in [-0.15, -0.1) is 5.06 Å². The van der Waals surface area contributed by atoms with Gasteiger partial charge in [-0.2, -0.15) is 0 Å². The lowest BCUT2D eigenvalue weighted by molar-refractivity contribution is -0.208. The smallest absolute Gasteiger partial charge is 0.335 e. The van der Waals surface area contributed by atoms with Crippen molar-refractivity contribution in [3.8, 4) is 0 Å². The highest BCUT2D eigenvalue weighted by Gasteiger charge is 2.43. The third-order valence-electron chi connectivity index (χ3n) is 5.60. The van der Waals surface area contributed by atoms with Gasteiger partial charge in [0.1, 0.15) is 18.8 Å². The van der Waals surface area contributed by atoms with Crippen LogP contribution in [0.3, 0.4) is 0 Å². The first kappa shape index (κ1) is 25.7. The molecule has 180 valence electrons. The molecule has 0 spiro atoms. The lowest BCUT2D eigenvalue weighted by Gasteiger charge is -2.44. The van der Waals surface area contributed by atoms with E-state index < -0.39 is 41.9 Å². The van der Waals surface area contributed by atoms with Gasteiger partial charge in [-0.1, -0.05) is 13.8 Å². The van der Waals surface area contributed by atoms with Crippen LogP contribution in [-0.4, -0.2) is 72.9 Å².